The summed E-state index contributed by atoms with van der Waals surface area (Å²) in [5.41, 5.74) is 0. The summed E-state index contributed by atoms with van der Waals surface area (Å²) in [6.07, 6.45) is 6.99. The summed E-state index contributed by atoms with van der Waals surface area (Å²) < 4.78 is 0. The van der Waals surface area contributed by atoms with E-state index < -0.39 is 0 Å². The monoisotopic (exact) mass is 253 g/mol. The Balaban J connectivity index is 1.61. The van der Waals surface area contributed by atoms with E-state index in [9.17, 15) is 4.79 Å². The number of carbonyl (C=O) groups excluding carboxylic acids is 1. The molecule has 0 aromatic rings. The van der Waals surface area contributed by atoms with Gasteiger partial charge in [0.2, 0.25) is 5.91 Å². The lowest BCUT2D eigenvalue weighted by molar-refractivity contribution is -0.121. The van der Waals surface area contributed by atoms with Gasteiger partial charge in [0.15, 0.2) is 0 Å². The third-order valence-corrected chi connectivity index (χ3v) is 4.20. The number of piperidine rings is 1. The van der Waals surface area contributed by atoms with Crippen LogP contribution in [-0.4, -0.2) is 49.1 Å². The quantitative estimate of drug-likeness (QED) is 0.772. The van der Waals surface area contributed by atoms with Crippen molar-refractivity contribution in [2.75, 3.05) is 26.2 Å². The predicted octanol–water partition coefficient (Wildman–Crippen LogP) is 1.12. The zero-order valence-electron chi connectivity index (χ0n) is 11.6. The number of nitrogens with one attached hydrogen (secondary N) is 2. The number of carbonyl (C=O) groups is 1. The van der Waals surface area contributed by atoms with Crippen LogP contribution in [0.25, 0.3) is 0 Å². The highest BCUT2D eigenvalue weighted by Gasteiger charge is 2.20. The summed E-state index contributed by atoms with van der Waals surface area (Å²) in [4.78, 5) is 14.3. The Labute approximate surface area is 110 Å². The molecular weight excluding hydrogens is 226 g/mol. The Morgan fingerprint density at radius 1 is 1.33 bits per heavy atom. The van der Waals surface area contributed by atoms with Crippen molar-refractivity contribution >= 4 is 5.91 Å². The minimum absolute atomic E-state index is 0.207. The first-order valence-corrected chi connectivity index (χ1v) is 7.50. The van der Waals surface area contributed by atoms with E-state index in [1.165, 1.54) is 38.8 Å². The maximum absolute atomic E-state index is 11.8. The lowest BCUT2D eigenvalue weighted by Gasteiger charge is -2.32. The lowest BCUT2D eigenvalue weighted by atomic mass is 10.1. The van der Waals surface area contributed by atoms with Gasteiger partial charge in [-0.25, -0.2) is 0 Å². The van der Waals surface area contributed by atoms with Crippen LogP contribution in [0.5, 0.6) is 0 Å². The Morgan fingerprint density at radius 2 is 2.11 bits per heavy atom. The topological polar surface area (TPSA) is 44.4 Å². The van der Waals surface area contributed by atoms with Crippen molar-refractivity contribution in [3.8, 4) is 0 Å². The molecule has 2 aliphatic rings. The second kappa shape index (κ2) is 7.10. The minimum Gasteiger partial charge on any atom is -0.354 e. The number of amides is 1. The third-order valence-electron chi connectivity index (χ3n) is 4.20. The summed E-state index contributed by atoms with van der Waals surface area (Å²) in [6.45, 7) is 6.48. The zero-order valence-corrected chi connectivity index (χ0v) is 11.6. The standard InChI is InChI=1S/C14H27N3O/c1-12(17-8-3-2-4-9-17)11-16-14(18)10-13-6-5-7-15-13/h12-13,15H,2-11H2,1H3,(H,16,18). The van der Waals surface area contributed by atoms with Crippen LogP contribution in [0.3, 0.4) is 0 Å². The number of likely N-dealkylation sites (tertiary alicyclic amines) is 1. The van der Waals surface area contributed by atoms with Crippen LogP contribution in [0, 0.1) is 0 Å². The molecule has 18 heavy (non-hydrogen) atoms. The van der Waals surface area contributed by atoms with Crippen molar-refractivity contribution in [2.45, 2.75) is 57.5 Å². The Morgan fingerprint density at radius 3 is 2.78 bits per heavy atom. The number of rotatable bonds is 5. The third kappa shape index (κ3) is 4.25. The fraction of sp³-hybridized carbons (Fsp3) is 0.929. The van der Waals surface area contributed by atoms with Gasteiger partial charge in [-0.3, -0.25) is 9.69 Å². The molecule has 0 bridgehead atoms. The van der Waals surface area contributed by atoms with E-state index in [4.69, 9.17) is 0 Å². The van der Waals surface area contributed by atoms with Crippen molar-refractivity contribution in [1.29, 1.82) is 0 Å². The van der Waals surface area contributed by atoms with E-state index >= 15 is 0 Å². The van der Waals surface area contributed by atoms with Crippen molar-refractivity contribution < 1.29 is 4.79 Å². The summed E-state index contributed by atoms with van der Waals surface area (Å²) in [7, 11) is 0. The first-order chi connectivity index (χ1) is 8.75. The molecule has 0 radical (unpaired) electrons. The van der Waals surface area contributed by atoms with Crippen molar-refractivity contribution in [1.82, 2.24) is 15.5 Å². The van der Waals surface area contributed by atoms with Crippen LogP contribution < -0.4 is 10.6 Å². The smallest absolute Gasteiger partial charge is 0.221 e. The maximum atomic E-state index is 11.8. The van der Waals surface area contributed by atoms with Gasteiger partial charge >= 0.3 is 0 Å². The summed E-state index contributed by atoms with van der Waals surface area (Å²) in [6, 6.07) is 0.890. The van der Waals surface area contributed by atoms with Gasteiger partial charge in [0.1, 0.15) is 0 Å². The van der Waals surface area contributed by atoms with Crippen LogP contribution in [0.1, 0.15) is 45.4 Å². The van der Waals surface area contributed by atoms with E-state index in [1.54, 1.807) is 0 Å². The van der Waals surface area contributed by atoms with Crippen LogP contribution in [0.15, 0.2) is 0 Å². The van der Waals surface area contributed by atoms with Gasteiger partial charge in [-0.1, -0.05) is 6.42 Å². The molecule has 0 spiro atoms. The molecule has 2 atom stereocenters. The zero-order chi connectivity index (χ0) is 12.8. The average molecular weight is 253 g/mol. The van der Waals surface area contributed by atoms with E-state index in [2.05, 4.69) is 22.5 Å². The maximum Gasteiger partial charge on any atom is 0.221 e. The van der Waals surface area contributed by atoms with Crippen LogP contribution in [0.2, 0.25) is 0 Å². The molecule has 2 fully saturated rings. The van der Waals surface area contributed by atoms with Crippen molar-refractivity contribution in [2.24, 2.45) is 0 Å². The number of hydrogen-bond acceptors (Lipinski definition) is 3. The molecular formula is C14H27N3O. The highest BCUT2D eigenvalue weighted by molar-refractivity contribution is 5.76. The number of nitrogens with zero attached hydrogens (tertiary/aromatic N) is 1. The van der Waals surface area contributed by atoms with Gasteiger partial charge in [0.25, 0.3) is 0 Å². The Hall–Kier alpha value is -0.610. The molecule has 4 nitrogen and oxygen atoms in total. The first kappa shape index (κ1) is 13.8. The van der Waals surface area contributed by atoms with Crippen molar-refractivity contribution in [3.63, 3.8) is 0 Å². The molecule has 0 saturated carbocycles. The second-order valence-electron chi connectivity index (χ2n) is 5.75. The van der Waals surface area contributed by atoms with Gasteiger partial charge in [-0.15, -0.1) is 0 Å². The summed E-state index contributed by atoms with van der Waals surface area (Å²) in [5, 5.41) is 6.45. The normalized spacial score (nSPS) is 27.1. The molecule has 104 valence electrons. The van der Waals surface area contributed by atoms with Gasteiger partial charge in [-0.2, -0.15) is 0 Å². The fourth-order valence-electron chi connectivity index (χ4n) is 2.98. The summed E-state index contributed by atoms with van der Waals surface area (Å²) >= 11 is 0. The number of hydrogen-bond donors (Lipinski definition) is 2. The average Bonchev–Trinajstić information content (AvgIpc) is 2.90. The van der Waals surface area contributed by atoms with Gasteiger partial charge in [0.05, 0.1) is 0 Å². The van der Waals surface area contributed by atoms with Crippen LogP contribution in [-0.2, 0) is 4.79 Å². The molecule has 4 heteroatoms. The second-order valence-corrected chi connectivity index (χ2v) is 5.75. The lowest BCUT2D eigenvalue weighted by Crippen LogP contribution is -2.45. The summed E-state index contributed by atoms with van der Waals surface area (Å²) in [5.74, 6) is 0.207. The van der Waals surface area contributed by atoms with Gasteiger partial charge in [-0.05, 0) is 52.2 Å². The molecule has 2 unspecified atom stereocenters. The van der Waals surface area contributed by atoms with Crippen molar-refractivity contribution in [3.05, 3.63) is 0 Å². The highest BCUT2D eigenvalue weighted by atomic mass is 16.1. The molecule has 0 aromatic carbocycles. The van der Waals surface area contributed by atoms with E-state index in [0.717, 1.165) is 19.5 Å². The van der Waals surface area contributed by atoms with E-state index in [-0.39, 0.29) is 5.91 Å². The van der Waals surface area contributed by atoms with Crippen LogP contribution in [0.4, 0.5) is 0 Å². The molecule has 2 rings (SSSR count). The molecule has 2 N–H and O–H groups in total. The highest BCUT2D eigenvalue weighted by Crippen LogP contribution is 2.12. The molecule has 1 amide bonds. The Bertz CT molecular complexity index is 258. The largest absolute Gasteiger partial charge is 0.354 e. The van der Waals surface area contributed by atoms with Gasteiger partial charge < -0.3 is 10.6 Å². The molecule has 2 heterocycles. The first-order valence-electron chi connectivity index (χ1n) is 7.50. The van der Waals surface area contributed by atoms with E-state index in [0.29, 0.717) is 18.5 Å². The van der Waals surface area contributed by atoms with Gasteiger partial charge in [0, 0.05) is 25.0 Å². The molecule has 0 aliphatic carbocycles. The van der Waals surface area contributed by atoms with Crippen LogP contribution >= 0.6 is 0 Å². The SMILES string of the molecule is CC(CNC(=O)CC1CCCN1)N1CCCCC1. The van der Waals surface area contributed by atoms with E-state index in [1.807, 2.05) is 0 Å². The molecule has 0 aromatic heterocycles. The predicted molar refractivity (Wildman–Crippen MR) is 73.5 cm³/mol. The molecule has 2 aliphatic heterocycles. The fourth-order valence-corrected chi connectivity index (χ4v) is 2.98. The molecule has 2 saturated heterocycles. The minimum atomic E-state index is 0.207. The Kier molecular flexibility index (Phi) is 5.45.